The van der Waals surface area contributed by atoms with Gasteiger partial charge in [-0.2, -0.15) is 5.10 Å². The number of nitrogens with zero attached hydrogens (tertiary/aromatic N) is 3. The zero-order valence-corrected chi connectivity index (χ0v) is 17.5. The van der Waals surface area contributed by atoms with E-state index in [0.717, 1.165) is 60.9 Å². The van der Waals surface area contributed by atoms with Crippen LogP contribution in [0.5, 0.6) is 0 Å². The van der Waals surface area contributed by atoms with Crippen molar-refractivity contribution < 1.29 is 4.21 Å². The molecule has 3 N–H and O–H groups in total. The van der Waals surface area contributed by atoms with Crippen molar-refractivity contribution in [3.63, 3.8) is 0 Å². The number of aliphatic imine (C=N–C) groups is 1. The molecule has 0 spiro atoms. The first-order valence-corrected chi connectivity index (χ1v) is 11.4. The van der Waals surface area contributed by atoms with Crippen LogP contribution in [0.25, 0.3) is 11.4 Å². The number of nitrogens with one attached hydrogen (secondary N) is 3. The van der Waals surface area contributed by atoms with Crippen molar-refractivity contribution in [2.24, 2.45) is 4.99 Å². The molecule has 1 fully saturated rings. The van der Waals surface area contributed by atoms with Crippen molar-refractivity contribution >= 4 is 16.8 Å². The van der Waals surface area contributed by atoms with Crippen LogP contribution < -0.4 is 10.6 Å². The highest BCUT2D eigenvalue weighted by Crippen LogP contribution is 2.23. The van der Waals surface area contributed by atoms with Gasteiger partial charge in [0.05, 0.1) is 6.54 Å². The van der Waals surface area contributed by atoms with E-state index in [1.807, 2.05) is 19.1 Å². The molecule has 152 valence electrons. The number of guanidine groups is 1. The normalized spacial score (nSPS) is 21.3. The topological polar surface area (TPSA) is 95.1 Å². The van der Waals surface area contributed by atoms with Gasteiger partial charge in [0.1, 0.15) is 6.33 Å². The Morgan fingerprint density at radius 3 is 3.00 bits per heavy atom. The number of aromatic nitrogens is 3. The molecule has 3 rings (SSSR count). The van der Waals surface area contributed by atoms with Crippen LogP contribution in [0.15, 0.2) is 35.6 Å². The van der Waals surface area contributed by atoms with Crippen molar-refractivity contribution in [3.8, 4) is 11.4 Å². The Labute approximate surface area is 169 Å². The van der Waals surface area contributed by atoms with Gasteiger partial charge in [-0.05, 0) is 37.8 Å². The van der Waals surface area contributed by atoms with Gasteiger partial charge in [0.2, 0.25) is 0 Å². The quantitative estimate of drug-likeness (QED) is 0.489. The maximum atomic E-state index is 12.2. The van der Waals surface area contributed by atoms with E-state index in [1.54, 1.807) is 0 Å². The lowest BCUT2D eigenvalue weighted by molar-refractivity contribution is 0.413. The minimum Gasteiger partial charge on any atom is -0.357 e. The Morgan fingerprint density at radius 2 is 2.25 bits per heavy atom. The first-order valence-electron chi connectivity index (χ1n) is 10.1. The van der Waals surface area contributed by atoms with Crippen molar-refractivity contribution in [1.29, 1.82) is 0 Å². The average Bonchev–Trinajstić information content (AvgIpc) is 3.27. The lowest BCUT2D eigenvalue weighted by Crippen LogP contribution is -2.46. The summed E-state index contributed by atoms with van der Waals surface area (Å²) in [7, 11) is -0.718. The van der Waals surface area contributed by atoms with Crippen molar-refractivity contribution in [2.75, 3.05) is 12.3 Å². The van der Waals surface area contributed by atoms with E-state index in [9.17, 15) is 4.21 Å². The molecule has 3 atom stereocenters. The maximum Gasteiger partial charge on any atom is 0.191 e. The molecule has 0 aliphatic heterocycles. The summed E-state index contributed by atoms with van der Waals surface area (Å²) in [5, 5.41) is 14.0. The molecule has 0 radical (unpaired) electrons. The molecule has 28 heavy (non-hydrogen) atoms. The molecule has 1 saturated carbocycles. The number of aromatic amines is 1. The van der Waals surface area contributed by atoms with Crippen molar-refractivity contribution in [2.45, 2.75) is 57.4 Å². The van der Waals surface area contributed by atoms with E-state index in [-0.39, 0.29) is 0 Å². The first kappa shape index (κ1) is 20.5. The molecule has 0 amide bonds. The zero-order valence-electron chi connectivity index (χ0n) is 16.6. The highest BCUT2D eigenvalue weighted by molar-refractivity contribution is 7.85. The van der Waals surface area contributed by atoms with Gasteiger partial charge < -0.3 is 10.6 Å². The van der Waals surface area contributed by atoms with Crippen molar-refractivity contribution in [1.82, 2.24) is 25.8 Å². The monoisotopic (exact) mass is 402 g/mol. The van der Waals surface area contributed by atoms with Crippen molar-refractivity contribution in [3.05, 3.63) is 36.2 Å². The van der Waals surface area contributed by atoms with E-state index >= 15 is 0 Å². The van der Waals surface area contributed by atoms with Gasteiger partial charge in [0.25, 0.3) is 0 Å². The SMILES string of the molecule is CCNC(=NCc1cccc(-c2ncn[nH]2)c1)NC1CCCC(S(=O)CC)C1. The summed E-state index contributed by atoms with van der Waals surface area (Å²) in [6.07, 6.45) is 5.75. The largest absolute Gasteiger partial charge is 0.357 e. The number of H-pyrrole nitrogens is 1. The number of rotatable bonds is 7. The molecule has 1 aromatic heterocycles. The van der Waals surface area contributed by atoms with Crippen LogP contribution in [0.1, 0.15) is 45.1 Å². The molecule has 0 bridgehead atoms. The smallest absolute Gasteiger partial charge is 0.191 e. The summed E-state index contributed by atoms with van der Waals surface area (Å²) < 4.78 is 12.2. The molecule has 3 unspecified atom stereocenters. The first-order chi connectivity index (χ1) is 13.7. The second kappa shape index (κ2) is 10.4. The summed E-state index contributed by atoms with van der Waals surface area (Å²) in [5.74, 6) is 2.32. The van der Waals surface area contributed by atoms with Crippen LogP contribution in [0.3, 0.4) is 0 Å². The molecule has 1 heterocycles. The third-order valence-electron chi connectivity index (χ3n) is 5.00. The molecular formula is C20H30N6OS. The maximum absolute atomic E-state index is 12.2. The summed E-state index contributed by atoms with van der Waals surface area (Å²) in [5.41, 5.74) is 2.11. The fourth-order valence-corrected chi connectivity index (χ4v) is 4.94. The minimum absolute atomic E-state index is 0.303. The molecule has 8 heteroatoms. The van der Waals surface area contributed by atoms with Crippen LogP contribution in [0.2, 0.25) is 0 Å². The predicted octanol–water partition coefficient (Wildman–Crippen LogP) is 2.61. The van der Waals surface area contributed by atoms with E-state index in [0.29, 0.717) is 17.8 Å². The van der Waals surface area contributed by atoms with E-state index in [4.69, 9.17) is 4.99 Å². The lowest BCUT2D eigenvalue weighted by atomic mass is 9.95. The van der Waals surface area contributed by atoms with Crippen LogP contribution >= 0.6 is 0 Å². The average molecular weight is 403 g/mol. The Morgan fingerprint density at radius 1 is 1.36 bits per heavy atom. The van der Waals surface area contributed by atoms with Crippen LogP contribution in [0.4, 0.5) is 0 Å². The van der Waals surface area contributed by atoms with Gasteiger partial charge in [0, 0.05) is 40.0 Å². The number of hydrogen-bond acceptors (Lipinski definition) is 4. The predicted molar refractivity (Wildman–Crippen MR) is 114 cm³/mol. The molecule has 1 aliphatic rings. The fraction of sp³-hybridized carbons (Fsp3) is 0.550. The minimum atomic E-state index is -0.718. The third kappa shape index (κ3) is 5.64. The molecule has 1 aliphatic carbocycles. The second-order valence-electron chi connectivity index (χ2n) is 7.03. The lowest BCUT2D eigenvalue weighted by Gasteiger charge is -2.30. The van der Waals surface area contributed by atoms with Crippen LogP contribution in [-0.2, 0) is 17.3 Å². The third-order valence-corrected chi connectivity index (χ3v) is 6.74. The van der Waals surface area contributed by atoms with Gasteiger partial charge in [-0.15, -0.1) is 0 Å². The summed E-state index contributed by atoms with van der Waals surface area (Å²) >= 11 is 0. The molecule has 0 saturated heterocycles. The number of benzene rings is 1. The fourth-order valence-electron chi connectivity index (χ4n) is 3.60. The van der Waals surface area contributed by atoms with Gasteiger partial charge >= 0.3 is 0 Å². The molecule has 2 aromatic rings. The van der Waals surface area contributed by atoms with Gasteiger partial charge in [-0.1, -0.05) is 31.5 Å². The Kier molecular flexibility index (Phi) is 7.59. The van der Waals surface area contributed by atoms with E-state index in [1.165, 1.54) is 6.33 Å². The Hall–Kier alpha value is -2.22. The van der Waals surface area contributed by atoms with Gasteiger partial charge in [0.15, 0.2) is 11.8 Å². The molecule has 7 nitrogen and oxygen atoms in total. The zero-order chi connectivity index (χ0) is 19.8. The highest BCUT2D eigenvalue weighted by atomic mass is 32.2. The summed E-state index contributed by atoms with van der Waals surface area (Å²) in [4.78, 5) is 8.97. The van der Waals surface area contributed by atoms with Crippen LogP contribution in [-0.4, -0.2) is 48.9 Å². The van der Waals surface area contributed by atoms with Gasteiger partial charge in [-0.25, -0.2) is 9.98 Å². The Bertz CT molecular complexity index is 792. The molecular weight excluding hydrogens is 372 g/mol. The number of hydrogen-bond donors (Lipinski definition) is 3. The second-order valence-corrected chi connectivity index (χ2v) is 9.03. The standard InChI is InChI=1S/C20H30N6OS/c1-3-21-20(25-17-9-6-10-18(12-17)28(27)4-2)22-13-15-7-5-8-16(11-15)19-23-14-24-26-19/h5,7-8,11,14,17-18H,3-4,6,9-10,12-13H2,1-2H3,(H2,21,22,25)(H,23,24,26). The van der Waals surface area contributed by atoms with Crippen LogP contribution in [0, 0.1) is 0 Å². The van der Waals surface area contributed by atoms with E-state index in [2.05, 4.69) is 44.9 Å². The summed E-state index contributed by atoms with van der Waals surface area (Å²) in [6.45, 7) is 5.46. The Balaban J connectivity index is 1.64. The summed E-state index contributed by atoms with van der Waals surface area (Å²) in [6, 6.07) is 8.48. The van der Waals surface area contributed by atoms with Gasteiger partial charge in [-0.3, -0.25) is 9.31 Å². The highest BCUT2D eigenvalue weighted by Gasteiger charge is 2.26. The molecule has 1 aromatic carbocycles. The van der Waals surface area contributed by atoms with E-state index < -0.39 is 10.8 Å².